The fraction of sp³-hybridized carbons (Fsp3) is 0.478. The Morgan fingerprint density at radius 2 is 1.66 bits per heavy atom. The zero-order valence-electron chi connectivity index (χ0n) is 19.0. The third-order valence-corrected chi connectivity index (χ3v) is 7.31. The highest BCUT2D eigenvalue weighted by Gasteiger charge is 2.23. The smallest absolute Gasteiger partial charge is 0.251 e. The molecule has 0 bridgehead atoms. The van der Waals surface area contributed by atoms with Gasteiger partial charge in [-0.15, -0.1) is 0 Å². The minimum absolute atomic E-state index is 0.0235. The Kier molecular flexibility index (Phi) is 9.59. The molecule has 2 rings (SSSR count). The standard InChI is InChI=1S/C23H32FN3O4S/c1-4-7-8-15-25(16-19-9-11-20(24)12-10-19)23(29)18-26-17-21(13-14-22(26)28)32(30,31)27(5-2)6-3/h9-14,17H,4-8,15-16,18H2,1-3H3. The van der Waals surface area contributed by atoms with Crippen molar-refractivity contribution in [3.63, 3.8) is 0 Å². The molecule has 1 aromatic heterocycles. The normalized spacial score (nSPS) is 11.7. The Labute approximate surface area is 189 Å². The van der Waals surface area contributed by atoms with Gasteiger partial charge in [0.15, 0.2) is 0 Å². The number of carbonyl (C=O) groups excluding carboxylic acids is 1. The lowest BCUT2D eigenvalue weighted by molar-refractivity contribution is -0.132. The van der Waals surface area contributed by atoms with E-state index < -0.39 is 15.6 Å². The topological polar surface area (TPSA) is 79.7 Å². The van der Waals surface area contributed by atoms with Crippen LogP contribution in [0.15, 0.2) is 52.3 Å². The molecular weight excluding hydrogens is 433 g/mol. The summed E-state index contributed by atoms with van der Waals surface area (Å²) in [5.74, 6) is -0.652. The molecule has 9 heteroatoms. The number of unbranched alkanes of at least 4 members (excludes halogenated alkanes) is 2. The molecule has 0 spiro atoms. The van der Waals surface area contributed by atoms with Crippen molar-refractivity contribution in [2.45, 2.75) is 58.0 Å². The molecular formula is C23H32FN3O4S. The van der Waals surface area contributed by atoms with Crippen LogP contribution in [0.25, 0.3) is 0 Å². The number of benzene rings is 1. The lowest BCUT2D eigenvalue weighted by Gasteiger charge is -2.24. The van der Waals surface area contributed by atoms with E-state index in [1.54, 1.807) is 30.9 Å². The largest absolute Gasteiger partial charge is 0.337 e. The Hall–Kier alpha value is -2.52. The highest BCUT2D eigenvalue weighted by molar-refractivity contribution is 7.89. The van der Waals surface area contributed by atoms with E-state index in [0.29, 0.717) is 19.6 Å². The van der Waals surface area contributed by atoms with Gasteiger partial charge in [-0.25, -0.2) is 12.8 Å². The number of pyridine rings is 1. The Morgan fingerprint density at radius 1 is 1.00 bits per heavy atom. The van der Waals surface area contributed by atoms with E-state index >= 15 is 0 Å². The van der Waals surface area contributed by atoms with E-state index in [2.05, 4.69) is 6.92 Å². The van der Waals surface area contributed by atoms with E-state index in [9.17, 15) is 22.4 Å². The third kappa shape index (κ3) is 6.74. The second-order valence-electron chi connectivity index (χ2n) is 7.57. The Balaban J connectivity index is 2.27. The summed E-state index contributed by atoms with van der Waals surface area (Å²) >= 11 is 0. The van der Waals surface area contributed by atoms with Gasteiger partial charge < -0.3 is 9.47 Å². The van der Waals surface area contributed by atoms with Crippen molar-refractivity contribution >= 4 is 15.9 Å². The first kappa shape index (κ1) is 25.7. The van der Waals surface area contributed by atoms with Crippen molar-refractivity contribution in [3.05, 3.63) is 64.3 Å². The van der Waals surface area contributed by atoms with Gasteiger partial charge in [0.1, 0.15) is 12.4 Å². The van der Waals surface area contributed by atoms with Gasteiger partial charge in [0.05, 0.1) is 4.90 Å². The number of sulfonamides is 1. The van der Waals surface area contributed by atoms with Crippen LogP contribution in [0, 0.1) is 5.82 Å². The summed E-state index contributed by atoms with van der Waals surface area (Å²) in [5.41, 5.74) is 0.327. The molecule has 1 aromatic carbocycles. The van der Waals surface area contributed by atoms with Gasteiger partial charge in [0.25, 0.3) is 5.56 Å². The molecule has 32 heavy (non-hydrogen) atoms. The summed E-state index contributed by atoms with van der Waals surface area (Å²) in [6.45, 7) is 6.67. The molecule has 0 aliphatic rings. The minimum atomic E-state index is -3.75. The number of halogens is 1. The van der Waals surface area contributed by atoms with Gasteiger partial charge in [-0.1, -0.05) is 45.7 Å². The van der Waals surface area contributed by atoms with Crippen LogP contribution in [0.1, 0.15) is 45.6 Å². The van der Waals surface area contributed by atoms with Crippen molar-refractivity contribution in [3.8, 4) is 0 Å². The number of aromatic nitrogens is 1. The second-order valence-corrected chi connectivity index (χ2v) is 9.51. The molecule has 0 saturated carbocycles. The van der Waals surface area contributed by atoms with Crippen LogP contribution < -0.4 is 5.56 Å². The molecule has 176 valence electrons. The van der Waals surface area contributed by atoms with Crippen LogP contribution in [0.3, 0.4) is 0 Å². The third-order valence-electron chi connectivity index (χ3n) is 5.28. The van der Waals surface area contributed by atoms with Crippen LogP contribution in [0.5, 0.6) is 0 Å². The average Bonchev–Trinajstić information content (AvgIpc) is 2.76. The number of hydrogen-bond donors (Lipinski definition) is 0. The first-order valence-electron chi connectivity index (χ1n) is 11.0. The lowest BCUT2D eigenvalue weighted by atomic mass is 10.2. The zero-order chi connectivity index (χ0) is 23.7. The van der Waals surface area contributed by atoms with Crippen molar-refractivity contribution in [2.75, 3.05) is 19.6 Å². The quantitative estimate of drug-likeness (QED) is 0.451. The van der Waals surface area contributed by atoms with Gasteiger partial charge in [0.2, 0.25) is 15.9 Å². The van der Waals surface area contributed by atoms with Gasteiger partial charge in [0, 0.05) is 38.4 Å². The maximum Gasteiger partial charge on any atom is 0.251 e. The molecule has 0 fully saturated rings. The molecule has 0 atom stereocenters. The van der Waals surface area contributed by atoms with Crippen molar-refractivity contribution in [1.82, 2.24) is 13.8 Å². The fourth-order valence-corrected chi connectivity index (χ4v) is 4.88. The first-order chi connectivity index (χ1) is 15.2. The number of carbonyl (C=O) groups is 1. The van der Waals surface area contributed by atoms with Gasteiger partial charge in [-0.05, 0) is 30.2 Å². The lowest BCUT2D eigenvalue weighted by Crippen LogP contribution is -2.37. The fourth-order valence-electron chi connectivity index (χ4n) is 3.40. The van der Waals surface area contributed by atoms with E-state index in [4.69, 9.17) is 0 Å². The molecule has 0 unspecified atom stereocenters. The highest BCUT2D eigenvalue weighted by Crippen LogP contribution is 2.14. The van der Waals surface area contributed by atoms with Crippen LogP contribution in [-0.4, -0.2) is 47.7 Å². The van der Waals surface area contributed by atoms with Gasteiger partial charge in [-0.3, -0.25) is 9.59 Å². The van der Waals surface area contributed by atoms with E-state index in [0.717, 1.165) is 29.4 Å². The molecule has 0 saturated heterocycles. The van der Waals surface area contributed by atoms with E-state index in [1.165, 1.54) is 34.8 Å². The van der Waals surface area contributed by atoms with Crippen LogP contribution in [0.4, 0.5) is 4.39 Å². The predicted octanol–water partition coefficient (Wildman–Crippen LogP) is 3.24. The summed E-state index contributed by atoms with van der Waals surface area (Å²) in [7, 11) is -3.75. The SMILES string of the molecule is CCCCCN(Cc1ccc(F)cc1)C(=O)Cn1cc(S(=O)(=O)N(CC)CC)ccc1=O. The number of hydrogen-bond acceptors (Lipinski definition) is 4. The summed E-state index contributed by atoms with van der Waals surface area (Å²) in [5, 5.41) is 0. The number of nitrogens with zero attached hydrogens (tertiary/aromatic N) is 3. The van der Waals surface area contributed by atoms with Gasteiger partial charge >= 0.3 is 0 Å². The number of amides is 1. The highest BCUT2D eigenvalue weighted by atomic mass is 32.2. The van der Waals surface area contributed by atoms with E-state index in [-0.39, 0.29) is 29.7 Å². The van der Waals surface area contributed by atoms with E-state index in [1.807, 2.05) is 0 Å². The summed E-state index contributed by atoms with van der Waals surface area (Å²) in [4.78, 5) is 27.0. The summed E-state index contributed by atoms with van der Waals surface area (Å²) < 4.78 is 41.3. The molecule has 1 amide bonds. The molecule has 1 heterocycles. The molecule has 2 aromatic rings. The van der Waals surface area contributed by atoms with Crippen LogP contribution in [-0.2, 0) is 27.9 Å². The maximum atomic E-state index is 13.2. The monoisotopic (exact) mass is 465 g/mol. The van der Waals surface area contributed by atoms with Crippen molar-refractivity contribution in [1.29, 1.82) is 0 Å². The molecule has 0 aliphatic heterocycles. The average molecular weight is 466 g/mol. The number of rotatable bonds is 12. The van der Waals surface area contributed by atoms with Crippen LogP contribution >= 0.6 is 0 Å². The molecule has 0 N–H and O–H groups in total. The minimum Gasteiger partial charge on any atom is -0.337 e. The maximum absolute atomic E-state index is 13.2. The molecule has 0 radical (unpaired) electrons. The Morgan fingerprint density at radius 3 is 2.25 bits per heavy atom. The summed E-state index contributed by atoms with van der Waals surface area (Å²) in [6.07, 6.45) is 3.97. The van der Waals surface area contributed by atoms with Gasteiger partial charge in [-0.2, -0.15) is 4.31 Å². The predicted molar refractivity (Wildman–Crippen MR) is 122 cm³/mol. The van der Waals surface area contributed by atoms with Crippen molar-refractivity contribution < 1.29 is 17.6 Å². The zero-order valence-corrected chi connectivity index (χ0v) is 19.8. The second kappa shape index (κ2) is 11.9. The first-order valence-corrected chi connectivity index (χ1v) is 12.4. The van der Waals surface area contributed by atoms with Crippen molar-refractivity contribution in [2.24, 2.45) is 0 Å². The molecule has 7 nitrogen and oxygen atoms in total. The molecule has 0 aliphatic carbocycles. The Bertz CT molecular complexity index is 1050. The van der Waals surface area contributed by atoms with Crippen LogP contribution in [0.2, 0.25) is 0 Å². The summed E-state index contributed by atoms with van der Waals surface area (Å²) in [6, 6.07) is 8.38.